The SMILES string of the molecule is C[C@H](O)[C@@]12O[C@H]1C[C@H]1[C@@H]3C[C@H]4O[C@@]45C[C@@H](O)CC[C@]5(C)[C@H]3CC[C@@]12C. The Hall–Kier alpha value is -0.160. The zero-order chi connectivity index (χ0) is 17.4. The molecule has 1 spiro atoms. The Labute approximate surface area is 150 Å². The van der Waals surface area contributed by atoms with Gasteiger partial charge in [0, 0.05) is 17.3 Å². The van der Waals surface area contributed by atoms with Crippen molar-refractivity contribution in [3.8, 4) is 0 Å². The third-order valence-electron chi connectivity index (χ3n) is 10.2. The van der Waals surface area contributed by atoms with Crippen LogP contribution in [0.5, 0.6) is 0 Å². The maximum Gasteiger partial charge on any atom is 0.126 e. The molecule has 140 valence electrons. The highest BCUT2D eigenvalue weighted by Crippen LogP contribution is 2.77. The van der Waals surface area contributed by atoms with Crippen molar-refractivity contribution in [2.75, 3.05) is 0 Å². The van der Waals surface area contributed by atoms with Gasteiger partial charge in [0.15, 0.2) is 0 Å². The Bertz CT molecular complexity index is 635. The zero-order valence-corrected chi connectivity index (χ0v) is 15.7. The molecule has 0 amide bonds. The molecular formula is C21H32O4. The first-order valence-corrected chi connectivity index (χ1v) is 10.5. The number of hydrogen-bond acceptors (Lipinski definition) is 4. The van der Waals surface area contributed by atoms with Crippen LogP contribution in [0.3, 0.4) is 0 Å². The summed E-state index contributed by atoms with van der Waals surface area (Å²) >= 11 is 0. The second-order valence-corrected chi connectivity index (χ2v) is 10.7. The van der Waals surface area contributed by atoms with Crippen LogP contribution in [0.4, 0.5) is 0 Å². The topological polar surface area (TPSA) is 65.5 Å². The Kier molecular flexibility index (Phi) is 2.72. The minimum atomic E-state index is -0.371. The molecule has 0 aromatic carbocycles. The summed E-state index contributed by atoms with van der Waals surface area (Å²) in [5.41, 5.74) is 0.0456. The minimum Gasteiger partial charge on any atom is -0.393 e. The standard InChI is InChI=1S/C21H32O4/c1-11(22)21-17(25-21)9-15-13-8-16-20(24-16)10-12(23)4-6-18(20,2)14(13)5-7-19(15,21)3/h11-17,22-23H,4-10H2,1-3H3/t11-,12-,13+,14-,15-,16+,17-,18+,19-,20-,21+/m0/s1. The van der Waals surface area contributed by atoms with Gasteiger partial charge in [-0.15, -0.1) is 0 Å². The van der Waals surface area contributed by atoms with Gasteiger partial charge in [0.2, 0.25) is 0 Å². The molecule has 4 saturated carbocycles. The number of rotatable bonds is 1. The molecule has 0 aromatic rings. The molecule has 0 radical (unpaired) electrons. The highest BCUT2D eigenvalue weighted by Gasteiger charge is 2.82. The van der Waals surface area contributed by atoms with Crippen molar-refractivity contribution in [1.29, 1.82) is 0 Å². The normalized spacial score (nSPS) is 68.0. The lowest BCUT2D eigenvalue weighted by atomic mass is 9.44. The molecule has 0 aromatic heterocycles. The highest BCUT2D eigenvalue weighted by molar-refractivity contribution is 5.30. The molecule has 2 saturated heterocycles. The zero-order valence-electron chi connectivity index (χ0n) is 15.7. The monoisotopic (exact) mass is 348 g/mol. The molecular weight excluding hydrogens is 316 g/mol. The first-order valence-electron chi connectivity index (χ1n) is 10.5. The summed E-state index contributed by atoms with van der Waals surface area (Å²) in [6.07, 6.45) is 7.66. The van der Waals surface area contributed by atoms with Crippen molar-refractivity contribution < 1.29 is 19.7 Å². The van der Waals surface area contributed by atoms with E-state index in [0.29, 0.717) is 23.9 Å². The Morgan fingerprint density at radius 2 is 1.72 bits per heavy atom. The molecule has 6 rings (SSSR count). The number of fused-ring (bicyclic) bond motifs is 6. The van der Waals surface area contributed by atoms with Crippen LogP contribution in [-0.4, -0.2) is 45.8 Å². The van der Waals surface area contributed by atoms with Crippen molar-refractivity contribution in [3.05, 3.63) is 0 Å². The number of ether oxygens (including phenoxy) is 2. The third-order valence-corrected chi connectivity index (χ3v) is 10.2. The van der Waals surface area contributed by atoms with Gasteiger partial charge in [-0.3, -0.25) is 0 Å². The third kappa shape index (κ3) is 1.51. The summed E-state index contributed by atoms with van der Waals surface area (Å²) in [6, 6.07) is 0. The van der Waals surface area contributed by atoms with E-state index in [1.807, 2.05) is 6.92 Å². The lowest BCUT2D eigenvalue weighted by Gasteiger charge is -2.59. The van der Waals surface area contributed by atoms with Gasteiger partial charge < -0.3 is 19.7 Å². The second kappa shape index (κ2) is 4.29. The number of aliphatic hydroxyl groups excluding tert-OH is 2. The van der Waals surface area contributed by atoms with E-state index >= 15 is 0 Å². The number of hydrogen-bond donors (Lipinski definition) is 2. The smallest absolute Gasteiger partial charge is 0.126 e. The molecule has 11 atom stereocenters. The van der Waals surface area contributed by atoms with Crippen molar-refractivity contribution in [2.24, 2.45) is 28.6 Å². The number of epoxide rings is 2. The largest absolute Gasteiger partial charge is 0.393 e. The fourth-order valence-corrected chi connectivity index (χ4v) is 8.90. The summed E-state index contributed by atoms with van der Waals surface area (Å²) in [4.78, 5) is 0. The van der Waals surface area contributed by atoms with E-state index in [1.165, 1.54) is 12.8 Å². The van der Waals surface area contributed by atoms with E-state index in [1.54, 1.807) is 0 Å². The van der Waals surface area contributed by atoms with Crippen molar-refractivity contribution >= 4 is 0 Å². The Morgan fingerprint density at radius 3 is 2.48 bits per heavy atom. The predicted molar refractivity (Wildman–Crippen MR) is 91.9 cm³/mol. The Balaban J connectivity index is 1.37. The molecule has 6 aliphatic rings. The lowest BCUT2D eigenvalue weighted by Crippen LogP contribution is -2.60. The number of aliphatic hydroxyl groups is 2. The summed E-state index contributed by atoms with van der Waals surface area (Å²) in [7, 11) is 0. The maximum absolute atomic E-state index is 10.5. The van der Waals surface area contributed by atoms with Gasteiger partial charge in [-0.25, -0.2) is 0 Å². The van der Waals surface area contributed by atoms with Gasteiger partial charge in [-0.1, -0.05) is 13.8 Å². The van der Waals surface area contributed by atoms with Crippen molar-refractivity contribution in [2.45, 2.75) is 101 Å². The Morgan fingerprint density at radius 1 is 0.960 bits per heavy atom. The highest BCUT2D eigenvalue weighted by atomic mass is 16.6. The summed E-state index contributed by atoms with van der Waals surface area (Å²) in [5, 5.41) is 20.8. The average molecular weight is 348 g/mol. The minimum absolute atomic E-state index is 0.0282. The molecule has 4 aliphatic carbocycles. The molecule has 2 heterocycles. The van der Waals surface area contributed by atoms with Crippen LogP contribution in [0.15, 0.2) is 0 Å². The van der Waals surface area contributed by atoms with Crippen LogP contribution < -0.4 is 0 Å². The van der Waals surface area contributed by atoms with E-state index in [2.05, 4.69) is 13.8 Å². The lowest BCUT2D eigenvalue weighted by molar-refractivity contribution is -0.140. The van der Waals surface area contributed by atoms with Gasteiger partial charge in [0.25, 0.3) is 0 Å². The molecule has 2 N–H and O–H groups in total. The fraction of sp³-hybridized carbons (Fsp3) is 1.00. The van der Waals surface area contributed by atoms with Gasteiger partial charge in [0.05, 0.1) is 24.4 Å². The van der Waals surface area contributed by atoms with Crippen LogP contribution in [0.1, 0.15) is 65.7 Å². The molecule has 6 fully saturated rings. The van der Waals surface area contributed by atoms with E-state index in [4.69, 9.17) is 9.47 Å². The van der Waals surface area contributed by atoms with Gasteiger partial charge in [-0.2, -0.15) is 0 Å². The van der Waals surface area contributed by atoms with E-state index in [-0.39, 0.29) is 40.3 Å². The van der Waals surface area contributed by atoms with Gasteiger partial charge >= 0.3 is 0 Å². The van der Waals surface area contributed by atoms with Crippen molar-refractivity contribution in [3.63, 3.8) is 0 Å². The van der Waals surface area contributed by atoms with E-state index < -0.39 is 0 Å². The van der Waals surface area contributed by atoms with E-state index in [9.17, 15) is 10.2 Å². The predicted octanol–water partition coefficient (Wildman–Crippen LogP) is 2.65. The quantitative estimate of drug-likeness (QED) is 0.715. The van der Waals surface area contributed by atoms with Crippen LogP contribution in [0, 0.1) is 28.6 Å². The second-order valence-electron chi connectivity index (χ2n) is 10.7. The van der Waals surface area contributed by atoms with Gasteiger partial charge in [0.1, 0.15) is 11.2 Å². The molecule has 0 unspecified atom stereocenters. The molecule has 4 heteroatoms. The molecule has 2 aliphatic heterocycles. The fourth-order valence-electron chi connectivity index (χ4n) is 8.90. The van der Waals surface area contributed by atoms with E-state index in [0.717, 1.165) is 32.1 Å². The first-order chi connectivity index (χ1) is 11.8. The summed E-state index contributed by atoms with van der Waals surface area (Å²) in [6.45, 7) is 6.80. The summed E-state index contributed by atoms with van der Waals surface area (Å²) < 4.78 is 12.5. The van der Waals surface area contributed by atoms with Crippen molar-refractivity contribution in [1.82, 2.24) is 0 Å². The first kappa shape index (κ1) is 15.9. The molecule has 4 nitrogen and oxygen atoms in total. The summed E-state index contributed by atoms with van der Waals surface area (Å²) in [5.74, 6) is 2.07. The van der Waals surface area contributed by atoms with Crippen LogP contribution in [-0.2, 0) is 9.47 Å². The van der Waals surface area contributed by atoms with Crippen LogP contribution in [0.2, 0.25) is 0 Å². The molecule has 0 bridgehead atoms. The molecule has 25 heavy (non-hydrogen) atoms. The van der Waals surface area contributed by atoms with Gasteiger partial charge in [-0.05, 0) is 63.2 Å². The van der Waals surface area contributed by atoms with Crippen LogP contribution >= 0.6 is 0 Å². The average Bonchev–Trinajstić information content (AvgIpc) is 3.42. The van der Waals surface area contributed by atoms with Crippen LogP contribution in [0.25, 0.3) is 0 Å². The maximum atomic E-state index is 10.5.